The number of hydrogen-bond acceptors (Lipinski definition) is 4. The van der Waals surface area contributed by atoms with Gasteiger partial charge >= 0.3 is 6.18 Å². The predicted octanol–water partition coefficient (Wildman–Crippen LogP) is 8.17. The van der Waals surface area contributed by atoms with Crippen molar-refractivity contribution in [3.05, 3.63) is 71.8 Å². The number of hydrogen-bond donors (Lipinski definition) is 2. The van der Waals surface area contributed by atoms with Crippen LogP contribution in [-0.4, -0.2) is 42.8 Å². The molecule has 4 nitrogen and oxygen atoms in total. The molecule has 0 aliphatic heterocycles. The van der Waals surface area contributed by atoms with Crippen molar-refractivity contribution in [3.63, 3.8) is 0 Å². The summed E-state index contributed by atoms with van der Waals surface area (Å²) in [6, 6.07) is 12.3. The molecule has 0 radical (unpaired) electrons. The van der Waals surface area contributed by atoms with Crippen molar-refractivity contribution in [2.24, 2.45) is 5.92 Å². The molecule has 0 bridgehead atoms. The Labute approximate surface area is 236 Å². The first-order valence-corrected chi connectivity index (χ1v) is 14.3. The summed E-state index contributed by atoms with van der Waals surface area (Å²) in [5, 5.41) is 18.4. The van der Waals surface area contributed by atoms with Gasteiger partial charge in [0.05, 0.1) is 26.4 Å². The third-order valence-corrected chi connectivity index (χ3v) is 7.76. The molecule has 40 heavy (non-hydrogen) atoms. The van der Waals surface area contributed by atoms with Crippen molar-refractivity contribution in [1.29, 1.82) is 0 Å². The number of halogens is 3. The Bertz CT molecular complexity index is 1080. The average molecular weight is 561 g/mol. The predicted molar refractivity (Wildman–Crippen MR) is 154 cm³/mol. The maximum atomic E-state index is 12.7. The van der Waals surface area contributed by atoms with Crippen LogP contribution in [0.25, 0.3) is 11.1 Å². The van der Waals surface area contributed by atoms with Crippen molar-refractivity contribution < 1.29 is 32.9 Å². The zero-order valence-corrected chi connectivity index (χ0v) is 23.6. The van der Waals surface area contributed by atoms with E-state index in [-0.39, 0.29) is 25.6 Å². The highest BCUT2D eigenvalue weighted by atomic mass is 19.4. The molecule has 0 unspecified atom stereocenters. The average Bonchev–Trinajstić information content (AvgIpc) is 2.95. The highest BCUT2D eigenvalue weighted by Crippen LogP contribution is 2.41. The van der Waals surface area contributed by atoms with Gasteiger partial charge in [-0.2, -0.15) is 13.2 Å². The van der Waals surface area contributed by atoms with Gasteiger partial charge < -0.3 is 19.7 Å². The lowest BCUT2D eigenvalue weighted by Crippen LogP contribution is -2.17. The summed E-state index contributed by atoms with van der Waals surface area (Å²) < 4.78 is 49.9. The van der Waals surface area contributed by atoms with Crippen LogP contribution in [0.1, 0.15) is 75.3 Å². The van der Waals surface area contributed by atoms with Crippen LogP contribution in [0, 0.1) is 5.92 Å². The zero-order chi connectivity index (χ0) is 29.1. The molecule has 0 heterocycles. The van der Waals surface area contributed by atoms with Gasteiger partial charge in [0.1, 0.15) is 11.5 Å². The highest BCUT2D eigenvalue weighted by molar-refractivity contribution is 5.68. The highest BCUT2D eigenvalue weighted by Gasteiger charge is 2.30. The van der Waals surface area contributed by atoms with Crippen LogP contribution in [0.15, 0.2) is 60.7 Å². The van der Waals surface area contributed by atoms with E-state index in [2.05, 4.69) is 38.3 Å². The summed E-state index contributed by atoms with van der Waals surface area (Å²) in [7, 11) is 0. The lowest BCUT2D eigenvalue weighted by molar-refractivity contribution is -0.138. The Balaban J connectivity index is 1.76. The van der Waals surface area contributed by atoms with Crippen LogP contribution < -0.4 is 9.47 Å². The number of benzene rings is 2. The number of ether oxygens (including phenoxy) is 2. The zero-order valence-electron chi connectivity index (χ0n) is 23.6. The van der Waals surface area contributed by atoms with E-state index >= 15 is 0 Å². The van der Waals surface area contributed by atoms with Crippen molar-refractivity contribution in [2.75, 3.05) is 26.4 Å². The van der Waals surface area contributed by atoms with Gasteiger partial charge in [0.2, 0.25) is 0 Å². The maximum absolute atomic E-state index is 12.7. The molecule has 7 heteroatoms. The number of rotatable bonds is 15. The van der Waals surface area contributed by atoms with Crippen molar-refractivity contribution in [1.82, 2.24) is 0 Å². The third-order valence-electron chi connectivity index (χ3n) is 7.76. The fraction of sp³-hybridized carbons (Fsp3) is 0.515. The minimum absolute atomic E-state index is 0.0755. The van der Waals surface area contributed by atoms with E-state index < -0.39 is 12.6 Å². The fourth-order valence-corrected chi connectivity index (χ4v) is 5.31. The van der Waals surface area contributed by atoms with Gasteiger partial charge in [0, 0.05) is 25.3 Å². The summed E-state index contributed by atoms with van der Waals surface area (Å²) in [6.07, 6.45) is 0.970. The van der Waals surface area contributed by atoms with Crippen LogP contribution in [-0.2, 0) is 6.42 Å². The van der Waals surface area contributed by atoms with E-state index in [0.717, 1.165) is 43.2 Å². The summed E-state index contributed by atoms with van der Waals surface area (Å²) in [5.74, 6) is 1.84. The second-order valence-electron chi connectivity index (χ2n) is 10.8. The second-order valence-corrected chi connectivity index (χ2v) is 10.8. The first kappa shape index (κ1) is 31.8. The van der Waals surface area contributed by atoms with Gasteiger partial charge in [0.15, 0.2) is 0 Å². The smallest absolute Gasteiger partial charge is 0.389 e. The Morgan fingerprint density at radius 2 is 1.43 bits per heavy atom. The molecule has 1 saturated carbocycles. The molecule has 0 saturated heterocycles. The number of aliphatic hydroxyl groups is 2. The molecule has 0 atom stereocenters. The quantitative estimate of drug-likeness (QED) is 0.216. The van der Waals surface area contributed by atoms with E-state index in [1.165, 1.54) is 11.1 Å². The van der Waals surface area contributed by atoms with Gasteiger partial charge in [0.25, 0.3) is 0 Å². The number of alkyl halides is 3. The lowest BCUT2D eigenvalue weighted by atomic mass is 9.75. The number of aryl methyl sites for hydroxylation is 1. The van der Waals surface area contributed by atoms with Crippen molar-refractivity contribution >= 4 is 0 Å². The summed E-state index contributed by atoms with van der Waals surface area (Å²) >= 11 is 0. The molecule has 0 aromatic heterocycles. The molecule has 1 fully saturated rings. The normalized spacial score (nSPS) is 17.4. The molecule has 0 amide bonds. The Morgan fingerprint density at radius 3 is 1.93 bits per heavy atom. The fourth-order valence-electron chi connectivity index (χ4n) is 5.31. The molecule has 220 valence electrons. The molecule has 3 rings (SSSR count). The van der Waals surface area contributed by atoms with E-state index in [4.69, 9.17) is 9.47 Å². The topological polar surface area (TPSA) is 58.9 Å². The van der Waals surface area contributed by atoms with Crippen LogP contribution in [0.5, 0.6) is 11.5 Å². The SMILES string of the molecule is C=C(CO)CCOc1cc(OCCC(=C)CO)cc(-c2ccc(C3CCC(CCC(F)(F)F)CC3)c(CC)c2)c1. The van der Waals surface area contributed by atoms with E-state index in [1.807, 2.05) is 18.2 Å². The van der Waals surface area contributed by atoms with E-state index in [1.54, 1.807) is 0 Å². The minimum Gasteiger partial charge on any atom is -0.493 e. The van der Waals surface area contributed by atoms with Crippen LogP contribution in [0.3, 0.4) is 0 Å². The Hall–Kier alpha value is -2.77. The summed E-state index contributed by atoms with van der Waals surface area (Å²) in [4.78, 5) is 0. The molecule has 1 aliphatic rings. The summed E-state index contributed by atoms with van der Waals surface area (Å²) in [5.41, 5.74) is 5.94. The van der Waals surface area contributed by atoms with Gasteiger partial charge in [-0.25, -0.2) is 0 Å². The molecule has 2 N–H and O–H groups in total. The van der Waals surface area contributed by atoms with Gasteiger partial charge in [-0.05, 0) is 95.9 Å². The second kappa shape index (κ2) is 15.3. The largest absolute Gasteiger partial charge is 0.493 e. The molecule has 0 spiro atoms. The maximum Gasteiger partial charge on any atom is 0.389 e. The standard InChI is InChI=1S/C33H43F3O4/c1-4-26-17-28(9-10-32(26)27-7-5-25(6-8-27)11-14-33(34,35)36)29-18-30(39-15-12-23(2)21-37)20-31(19-29)40-16-13-24(3)22-38/h9-10,17-20,25,27,37-38H,2-8,11-16,21-22H2,1H3. The lowest BCUT2D eigenvalue weighted by Gasteiger charge is -2.30. The van der Waals surface area contributed by atoms with Gasteiger partial charge in [-0.1, -0.05) is 38.3 Å². The molecular formula is C33H43F3O4. The molecule has 2 aromatic carbocycles. The summed E-state index contributed by atoms with van der Waals surface area (Å²) in [6.45, 7) is 10.4. The first-order valence-electron chi connectivity index (χ1n) is 14.3. The van der Waals surface area contributed by atoms with Crippen molar-refractivity contribution in [3.8, 4) is 22.6 Å². The van der Waals surface area contributed by atoms with E-state index in [9.17, 15) is 23.4 Å². The van der Waals surface area contributed by atoms with Crippen LogP contribution >= 0.6 is 0 Å². The molecule has 1 aliphatic carbocycles. The van der Waals surface area contributed by atoms with Crippen LogP contribution in [0.4, 0.5) is 13.2 Å². The number of aliphatic hydroxyl groups excluding tert-OH is 2. The first-order chi connectivity index (χ1) is 19.1. The monoisotopic (exact) mass is 560 g/mol. The molecule has 2 aromatic rings. The van der Waals surface area contributed by atoms with Crippen LogP contribution in [0.2, 0.25) is 0 Å². The van der Waals surface area contributed by atoms with E-state index in [0.29, 0.717) is 54.6 Å². The van der Waals surface area contributed by atoms with Gasteiger partial charge in [-0.3, -0.25) is 0 Å². The Morgan fingerprint density at radius 1 is 0.850 bits per heavy atom. The Kier molecular flexibility index (Phi) is 12.1. The van der Waals surface area contributed by atoms with Gasteiger partial charge in [-0.15, -0.1) is 0 Å². The third kappa shape index (κ3) is 10.0. The molecular weight excluding hydrogens is 517 g/mol. The van der Waals surface area contributed by atoms with Crippen molar-refractivity contribution in [2.45, 2.75) is 76.8 Å². The minimum atomic E-state index is -4.07.